The van der Waals surface area contributed by atoms with E-state index in [1.165, 1.54) is 21.9 Å². The van der Waals surface area contributed by atoms with Crippen LogP contribution in [0, 0.1) is 12.3 Å². The lowest BCUT2D eigenvalue weighted by Gasteiger charge is -2.02. The van der Waals surface area contributed by atoms with Crippen molar-refractivity contribution in [2.75, 3.05) is 6.54 Å². The zero-order valence-corrected chi connectivity index (χ0v) is 10.6. The average Bonchev–Trinajstić information content (AvgIpc) is 2.80. The van der Waals surface area contributed by atoms with E-state index < -0.39 is 5.91 Å². The van der Waals surface area contributed by atoms with Crippen molar-refractivity contribution in [3.63, 3.8) is 0 Å². The molecule has 0 aliphatic heterocycles. The molecule has 0 aliphatic carbocycles. The van der Waals surface area contributed by atoms with Gasteiger partial charge in [0.25, 0.3) is 11.5 Å². The number of hydrogen-bond acceptors (Lipinski definition) is 4. The number of terminal acetylenes is 1. The second kappa shape index (κ2) is 5.02. The lowest BCUT2D eigenvalue weighted by atomic mass is 10.3. The van der Waals surface area contributed by atoms with E-state index in [9.17, 15) is 9.59 Å². The Morgan fingerprint density at radius 3 is 3.11 bits per heavy atom. The predicted molar refractivity (Wildman–Crippen MR) is 69.9 cm³/mol. The predicted octanol–water partition coefficient (Wildman–Crippen LogP) is 0.681. The maximum absolute atomic E-state index is 12.2. The molecule has 0 aromatic carbocycles. The van der Waals surface area contributed by atoms with E-state index in [0.29, 0.717) is 11.4 Å². The highest BCUT2D eigenvalue weighted by atomic mass is 32.1. The number of thiazole rings is 1. The van der Waals surface area contributed by atoms with Gasteiger partial charge in [-0.2, -0.15) is 0 Å². The van der Waals surface area contributed by atoms with E-state index in [1.807, 2.05) is 12.3 Å². The minimum absolute atomic E-state index is 0.0100. The molecule has 2 rings (SSSR count). The summed E-state index contributed by atoms with van der Waals surface area (Å²) >= 11 is 1.38. The first-order valence-corrected chi connectivity index (χ1v) is 6.26. The van der Waals surface area contributed by atoms with Gasteiger partial charge in [0, 0.05) is 17.3 Å². The third kappa shape index (κ3) is 2.00. The van der Waals surface area contributed by atoms with E-state index in [-0.39, 0.29) is 17.7 Å². The van der Waals surface area contributed by atoms with Crippen LogP contribution < -0.4 is 10.9 Å². The number of carbonyl (C=O) groups is 1. The summed E-state index contributed by atoms with van der Waals surface area (Å²) < 4.78 is 1.47. The fourth-order valence-electron chi connectivity index (χ4n) is 1.57. The van der Waals surface area contributed by atoms with E-state index in [0.717, 1.165) is 5.69 Å². The van der Waals surface area contributed by atoms with Gasteiger partial charge in [0.15, 0.2) is 4.96 Å². The Morgan fingerprint density at radius 1 is 1.67 bits per heavy atom. The molecule has 0 spiro atoms. The SMILES string of the molecule is C#CCNC(=O)c1cnc2scc(CC)n2c1=O. The number of nitrogens with zero attached hydrogens (tertiary/aromatic N) is 2. The minimum Gasteiger partial charge on any atom is -0.341 e. The minimum atomic E-state index is -0.492. The van der Waals surface area contributed by atoms with Gasteiger partial charge in [0.05, 0.1) is 6.54 Å². The number of rotatable bonds is 3. The summed E-state index contributed by atoms with van der Waals surface area (Å²) in [5.41, 5.74) is 0.502. The summed E-state index contributed by atoms with van der Waals surface area (Å²) in [5.74, 6) is 1.79. The van der Waals surface area contributed by atoms with Crippen LogP contribution in [0.4, 0.5) is 0 Å². The fraction of sp³-hybridized carbons (Fsp3) is 0.250. The topological polar surface area (TPSA) is 63.5 Å². The molecule has 2 aromatic rings. The summed E-state index contributed by atoms with van der Waals surface area (Å²) in [4.78, 5) is 28.6. The van der Waals surface area contributed by atoms with Crippen molar-refractivity contribution < 1.29 is 4.79 Å². The molecule has 0 saturated heterocycles. The molecule has 0 unspecified atom stereocenters. The molecule has 1 N–H and O–H groups in total. The van der Waals surface area contributed by atoms with Crippen molar-refractivity contribution in [1.82, 2.24) is 14.7 Å². The number of carbonyl (C=O) groups excluding carboxylic acids is 1. The van der Waals surface area contributed by atoms with Gasteiger partial charge in [-0.15, -0.1) is 17.8 Å². The number of aromatic nitrogens is 2. The monoisotopic (exact) mass is 261 g/mol. The van der Waals surface area contributed by atoms with Gasteiger partial charge in [-0.3, -0.25) is 14.0 Å². The van der Waals surface area contributed by atoms with E-state index in [1.54, 1.807) is 0 Å². The second-order valence-corrected chi connectivity index (χ2v) is 4.40. The van der Waals surface area contributed by atoms with Crippen LogP contribution in [0.25, 0.3) is 4.96 Å². The first-order valence-electron chi connectivity index (χ1n) is 5.38. The summed E-state index contributed by atoms with van der Waals surface area (Å²) in [5, 5.41) is 4.33. The quantitative estimate of drug-likeness (QED) is 0.826. The second-order valence-electron chi connectivity index (χ2n) is 3.56. The standard InChI is InChI=1S/C12H11N3O2S/c1-3-5-13-10(16)9-6-14-12-15(11(9)17)8(4-2)7-18-12/h1,6-7H,4-5H2,2H3,(H,13,16). The van der Waals surface area contributed by atoms with Crippen LogP contribution in [0.3, 0.4) is 0 Å². The third-order valence-electron chi connectivity index (χ3n) is 2.47. The zero-order valence-electron chi connectivity index (χ0n) is 9.77. The number of amides is 1. The van der Waals surface area contributed by atoms with E-state index in [2.05, 4.69) is 16.2 Å². The Balaban J connectivity index is 2.54. The van der Waals surface area contributed by atoms with E-state index >= 15 is 0 Å². The molecule has 0 aliphatic rings. The molecule has 0 saturated carbocycles. The van der Waals surface area contributed by atoms with Crippen LogP contribution in [0.5, 0.6) is 0 Å². The van der Waals surface area contributed by atoms with Crippen LogP contribution in [0.15, 0.2) is 16.4 Å². The first kappa shape index (κ1) is 12.3. The van der Waals surface area contributed by atoms with Crippen molar-refractivity contribution in [1.29, 1.82) is 0 Å². The lowest BCUT2D eigenvalue weighted by Crippen LogP contribution is -2.31. The maximum Gasteiger partial charge on any atom is 0.271 e. The van der Waals surface area contributed by atoms with Crippen molar-refractivity contribution in [3.8, 4) is 12.3 Å². The summed E-state index contributed by atoms with van der Waals surface area (Å²) in [6.07, 6.45) is 7.05. The highest BCUT2D eigenvalue weighted by Gasteiger charge is 2.14. The van der Waals surface area contributed by atoms with Crippen LogP contribution in [0.1, 0.15) is 23.0 Å². The van der Waals surface area contributed by atoms with Crippen molar-refractivity contribution >= 4 is 22.2 Å². The Kier molecular flexibility index (Phi) is 3.44. The Hall–Kier alpha value is -2.13. The lowest BCUT2D eigenvalue weighted by molar-refractivity contribution is 0.0956. The van der Waals surface area contributed by atoms with Gasteiger partial charge in [-0.1, -0.05) is 12.8 Å². The fourth-order valence-corrected chi connectivity index (χ4v) is 2.51. The molecule has 0 atom stereocenters. The van der Waals surface area contributed by atoms with Crippen molar-refractivity contribution in [2.24, 2.45) is 0 Å². The summed E-state index contributed by atoms with van der Waals surface area (Å²) in [7, 11) is 0. The smallest absolute Gasteiger partial charge is 0.271 e. The highest BCUT2D eigenvalue weighted by Crippen LogP contribution is 2.12. The molecule has 2 heterocycles. The largest absolute Gasteiger partial charge is 0.341 e. The molecular formula is C12H11N3O2S. The molecule has 0 bridgehead atoms. The van der Waals surface area contributed by atoms with Crippen molar-refractivity contribution in [3.05, 3.63) is 33.2 Å². The Bertz CT molecular complexity index is 693. The van der Waals surface area contributed by atoms with Gasteiger partial charge >= 0.3 is 0 Å². The molecule has 1 amide bonds. The number of aryl methyl sites for hydroxylation is 1. The van der Waals surface area contributed by atoms with Crippen LogP contribution >= 0.6 is 11.3 Å². The maximum atomic E-state index is 12.2. The van der Waals surface area contributed by atoms with Gasteiger partial charge in [-0.05, 0) is 6.42 Å². The van der Waals surface area contributed by atoms with Crippen LogP contribution in [0.2, 0.25) is 0 Å². The molecule has 0 radical (unpaired) electrons. The molecule has 2 aromatic heterocycles. The first-order chi connectivity index (χ1) is 8.69. The number of fused-ring (bicyclic) bond motifs is 1. The molecular weight excluding hydrogens is 250 g/mol. The van der Waals surface area contributed by atoms with E-state index in [4.69, 9.17) is 6.42 Å². The van der Waals surface area contributed by atoms with Crippen LogP contribution in [-0.2, 0) is 6.42 Å². The third-order valence-corrected chi connectivity index (χ3v) is 3.36. The normalized spacial score (nSPS) is 10.2. The molecule has 92 valence electrons. The Morgan fingerprint density at radius 2 is 2.44 bits per heavy atom. The average molecular weight is 261 g/mol. The van der Waals surface area contributed by atoms with Gasteiger partial charge in [0.2, 0.25) is 0 Å². The van der Waals surface area contributed by atoms with Gasteiger partial charge < -0.3 is 5.32 Å². The summed E-state index contributed by atoms with van der Waals surface area (Å²) in [6, 6.07) is 0. The Labute approximate surface area is 107 Å². The van der Waals surface area contributed by atoms with Gasteiger partial charge in [-0.25, -0.2) is 4.98 Å². The molecule has 0 fully saturated rings. The summed E-state index contributed by atoms with van der Waals surface area (Å²) in [6.45, 7) is 2.03. The van der Waals surface area contributed by atoms with Crippen molar-refractivity contribution in [2.45, 2.75) is 13.3 Å². The van der Waals surface area contributed by atoms with Crippen LogP contribution in [-0.4, -0.2) is 21.8 Å². The number of hydrogen-bond donors (Lipinski definition) is 1. The van der Waals surface area contributed by atoms with Gasteiger partial charge in [0.1, 0.15) is 5.56 Å². The molecule has 5 nitrogen and oxygen atoms in total. The number of nitrogens with one attached hydrogen (secondary N) is 1. The molecule has 6 heteroatoms. The highest BCUT2D eigenvalue weighted by molar-refractivity contribution is 7.15. The molecule has 18 heavy (non-hydrogen) atoms. The zero-order chi connectivity index (χ0) is 13.1.